The molecule has 0 bridgehead atoms. The first-order valence-corrected chi connectivity index (χ1v) is 7.42. The van der Waals surface area contributed by atoms with Crippen molar-refractivity contribution in [1.82, 2.24) is 15.1 Å². The smallest absolute Gasteiger partial charge is 0.317 e. The Hall–Kier alpha value is -1.55. The lowest BCUT2D eigenvalue weighted by Crippen LogP contribution is -2.40. The van der Waals surface area contributed by atoms with Crippen molar-refractivity contribution in [3.8, 4) is 0 Å². The van der Waals surface area contributed by atoms with Gasteiger partial charge in [0.05, 0.1) is 6.04 Å². The predicted molar refractivity (Wildman–Crippen MR) is 81.7 cm³/mol. The number of benzene rings is 1. The van der Waals surface area contributed by atoms with E-state index in [9.17, 15) is 4.79 Å². The van der Waals surface area contributed by atoms with Gasteiger partial charge in [-0.1, -0.05) is 30.3 Å². The van der Waals surface area contributed by atoms with Gasteiger partial charge in [0.2, 0.25) is 0 Å². The summed E-state index contributed by atoms with van der Waals surface area (Å²) in [7, 11) is 4.12. The Balaban J connectivity index is 2.00. The van der Waals surface area contributed by atoms with Gasteiger partial charge in [-0.25, -0.2) is 4.79 Å². The Labute approximate surface area is 121 Å². The highest BCUT2D eigenvalue weighted by atomic mass is 16.2. The zero-order valence-corrected chi connectivity index (χ0v) is 12.5. The van der Waals surface area contributed by atoms with Gasteiger partial charge < -0.3 is 15.1 Å². The average molecular weight is 275 g/mol. The quantitative estimate of drug-likeness (QED) is 0.896. The lowest BCUT2D eigenvalue weighted by molar-refractivity contribution is 0.202. The van der Waals surface area contributed by atoms with Gasteiger partial charge in [0.25, 0.3) is 0 Å². The van der Waals surface area contributed by atoms with E-state index in [0.29, 0.717) is 0 Å². The van der Waals surface area contributed by atoms with Crippen molar-refractivity contribution in [1.29, 1.82) is 0 Å². The van der Waals surface area contributed by atoms with Crippen molar-refractivity contribution in [3.63, 3.8) is 0 Å². The molecule has 0 saturated carbocycles. The van der Waals surface area contributed by atoms with Crippen molar-refractivity contribution < 1.29 is 4.79 Å². The Morgan fingerprint density at radius 2 is 1.90 bits per heavy atom. The van der Waals surface area contributed by atoms with E-state index in [1.54, 1.807) is 0 Å². The lowest BCUT2D eigenvalue weighted by atomic mass is 10.0. The maximum Gasteiger partial charge on any atom is 0.317 e. The summed E-state index contributed by atoms with van der Waals surface area (Å²) in [5, 5.41) is 3.19. The SMILES string of the molecule is CN(C)CC[C@@H](NC(=O)N1CCCC1)c1ccccc1. The molecular formula is C16H25N3O. The number of urea groups is 1. The topological polar surface area (TPSA) is 35.6 Å². The van der Waals surface area contributed by atoms with E-state index in [0.717, 1.165) is 38.9 Å². The van der Waals surface area contributed by atoms with Crippen LogP contribution in [0, 0.1) is 0 Å². The second-order valence-electron chi connectivity index (χ2n) is 5.70. The minimum absolute atomic E-state index is 0.0788. The molecule has 0 aliphatic carbocycles. The monoisotopic (exact) mass is 275 g/mol. The third-order valence-corrected chi connectivity index (χ3v) is 3.76. The Morgan fingerprint density at radius 1 is 1.25 bits per heavy atom. The van der Waals surface area contributed by atoms with Crippen LogP contribution in [0.5, 0.6) is 0 Å². The minimum atomic E-state index is 0.0788. The van der Waals surface area contributed by atoms with Crippen molar-refractivity contribution in [2.75, 3.05) is 33.7 Å². The molecule has 2 rings (SSSR count). The van der Waals surface area contributed by atoms with E-state index >= 15 is 0 Å². The summed E-state index contributed by atoms with van der Waals surface area (Å²) < 4.78 is 0. The summed E-state index contributed by atoms with van der Waals surface area (Å²) >= 11 is 0. The summed E-state index contributed by atoms with van der Waals surface area (Å²) in [5.41, 5.74) is 1.18. The molecule has 1 atom stereocenters. The highest BCUT2D eigenvalue weighted by molar-refractivity contribution is 5.75. The summed E-state index contributed by atoms with van der Waals surface area (Å²) in [6.45, 7) is 2.74. The molecule has 1 fully saturated rings. The number of carbonyl (C=O) groups excluding carboxylic acids is 1. The molecule has 1 aliphatic heterocycles. The molecule has 0 radical (unpaired) electrons. The second-order valence-corrected chi connectivity index (χ2v) is 5.70. The van der Waals surface area contributed by atoms with Crippen LogP contribution in [0.1, 0.15) is 30.9 Å². The van der Waals surface area contributed by atoms with Gasteiger partial charge in [-0.05, 0) is 45.5 Å². The van der Waals surface area contributed by atoms with Crippen LogP contribution in [0.4, 0.5) is 4.79 Å². The van der Waals surface area contributed by atoms with E-state index in [2.05, 4.69) is 36.4 Å². The van der Waals surface area contributed by atoms with Gasteiger partial charge in [-0.2, -0.15) is 0 Å². The number of amides is 2. The Bertz CT molecular complexity index is 413. The van der Waals surface area contributed by atoms with Crippen LogP contribution in [0.2, 0.25) is 0 Å². The van der Waals surface area contributed by atoms with Crippen molar-refractivity contribution in [3.05, 3.63) is 35.9 Å². The standard InChI is InChI=1S/C16H25N3O/c1-18(2)13-10-15(14-8-4-3-5-9-14)17-16(20)19-11-6-7-12-19/h3-5,8-9,15H,6-7,10-13H2,1-2H3,(H,17,20)/t15-/m1/s1. The normalized spacial score (nSPS) is 16.4. The summed E-state index contributed by atoms with van der Waals surface area (Å²) in [6.07, 6.45) is 3.18. The number of carbonyl (C=O) groups is 1. The summed E-state index contributed by atoms with van der Waals surface area (Å²) in [4.78, 5) is 16.3. The van der Waals surface area contributed by atoms with Crippen LogP contribution in [-0.4, -0.2) is 49.6 Å². The van der Waals surface area contributed by atoms with E-state index < -0.39 is 0 Å². The number of nitrogens with zero attached hydrogens (tertiary/aromatic N) is 2. The molecule has 110 valence electrons. The first-order chi connectivity index (χ1) is 9.66. The predicted octanol–water partition coefficient (Wildman–Crippen LogP) is 2.48. The molecule has 1 N–H and O–H groups in total. The highest BCUT2D eigenvalue weighted by Gasteiger charge is 2.21. The minimum Gasteiger partial charge on any atom is -0.331 e. The molecule has 0 aromatic heterocycles. The van der Waals surface area contributed by atoms with Crippen LogP contribution in [0.15, 0.2) is 30.3 Å². The van der Waals surface area contributed by atoms with Crippen LogP contribution in [0.25, 0.3) is 0 Å². The number of rotatable bonds is 5. The van der Waals surface area contributed by atoms with E-state index in [1.165, 1.54) is 5.56 Å². The second kappa shape index (κ2) is 7.29. The third-order valence-electron chi connectivity index (χ3n) is 3.76. The van der Waals surface area contributed by atoms with E-state index in [4.69, 9.17) is 0 Å². The molecular weight excluding hydrogens is 250 g/mol. The zero-order valence-electron chi connectivity index (χ0n) is 12.5. The summed E-state index contributed by atoms with van der Waals surface area (Å²) in [5.74, 6) is 0. The lowest BCUT2D eigenvalue weighted by Gasteiger charge is -2.24. The molecule has 1 aromatic carbocycles. The molecule has 1 aromatic rings. The first kappa shape index (κ1) is 14.9. The van der Waals surface area contributed by atoms with Gasteiger partial charge in [-0.15, -0.1) is 0 Å². The van der Waals surface area contributed by atoms with Crippen LogP contribution in [0.3, 0.4) is 0 Å². The van der Waals surface area contributed by atoms with Gasteiger partial charge in [0, 0.05) is 13.1 Å². The number of hydrogen-bond acceptors (Lipinski definition) is 2. The first-order valence-electron chi connectivity index (χ1n) is 7.42. The van der Waals surface area contributed by atoms with Crippen LogP contribution in [-0.2, 0) is 0 Å². The molecule has 2 amide bonds. The number of hydrogen-bond donors (Lipinski definition) is 1. The molecule has 0 spiro atoms. The molecule has 4 heteroatoms. The Kier molecular flexibility index (Phi) is 5.41. The zero-order chi connectivity index (χ0) is 14.4. The van der Waals surface area contributed by atoms with Gasteiger partial charge in [0.1, 0.15) is 0 Å². The fraction of sp³-hybridized carbons (Fsp3) is 0.562. The van der Waals surface area contributed by atoms with Gasteiger partial charge in [-0.3, -0.25) is 0 Å². The Morgan fingerprint density at radius 3 is 2.50 bits per heavy atom. The summed E-state index contributed by atoms with van der Waals surface area (Å²) in [6, 6.07) is 10.4. The van der Waals surface area contributed by atoms with Crippen molar-refractivity contribution >= 4 is 6.03 Å². The molecule has 20 heavy (non-hydrogen) atoms. The van der Waals surface area contributed by atoms with Crippen LogP contribution >= 0.6 is 0 Å². The van der Waals surface area contributed by atoms with E-state index in [-0.39, 0.29) is 12.1 Å². The fourth-order valence-corrected chi connectivity index (χ4v) is 2.56. The highest BCUT2D eigenvalue weighted by Crippen LogP contribution is 2.18. The average Bonchev–Trinajstić information content (AvgIpc) is 2.98. The molecule has 0 unspecified atom stereocenters. The van der Waals surface area contributed by atoms with Crippen molar-refractivity contribution in [2.24, 2.45) is 0 Å². The molecule has 4 nitrogen and oxygen atoms in total. The van der Waals surface area contributed by atoms with Gasteiger partial charge in [0.15, 0.2) is 0 Å². The number of nitrogens with one attached hydrogen (secondary N) is 1. The molecule has 1 heterocycles. The maximum absolute atomic E-state index is 12.3. The molecule has 1 aliphatic rings. The van der Waals surface area contributed by atoms with Crippen molar-refractivity contribution in [2.45, 2.75) is 25.3 Å². The maximum atomic E-state index is 12.3. The largest absolute Gasteiger partial charge is 0.331 e. The molecule has 1 saturated heterocycles. The van der Waals surface area contributed by atoms with E-state index in [1.807, 2.05) is 23.1 Å². The van der Waals surface area contributed by atoms with Crippen LogP contribution < -0.4 is 5.32 Å². The third kappa shape index (κ3) is 4.23. The van der Waals surface area contributed by atoms with Gasteiger partial charge >= 0.3 is 6.03 Å². The fourth-order valence-electron chi connectivity index (χ4n) is 2.56. The number of likely N-dealkylation sites (tertiary alicyclic amines) is 1.